The van der Waals surface area contributed by atoms with Gasteiger partial charge in [-0.2, -0.15) is 10.2 Å². The van der Waals surface area contributed by atoms with Gasteiger partial charge in [0.25, 0.3) is 0 Å². The van der Waals surface area contributed by atoms with Crippen LogP contribution in [0.5, 0.6) is 0 Å². The number of methoxy groups -OCH3 is 1. The maximum atomic E-state index is 13.3. The summed E-state index contributed by atoms with van der Waals surface area (Å²) in [7, 11) is 1.58. The number of hydrogen-bond acceptors (Lipinski definition) is 7. The first kappa shape index (κ1) is 16.4. The first-order chi connectivity index (χ1) is 11.7. The van der Waals surface area contributed by atoms with Crippen LogP contribution < -0.4 is 4.90 Å². The van der Waals surface area contributed by atoms with Crippen LogP contribution in [0.15, 0.2) is 22.7 Å². The van der Waals surface area contributed by atoms with Crippen LogP contribution in [0.2, 0.25) is 0 Å². The van der Waals surface area contributed by atoms with Crippen LogP contribution in [0.3, 0.4) is 0 Å². The Balaban J connectivity index is 1.58. The number of nitriles is 1. The standard InChI is InChI=1S/C16H18FN5O2/c1-23-11-15-19-16(24-20-15)10-21-4-6-22(7-5-21)14-3-2-13(17)8-12(14)9-18/h2-3,8H,4-7,10-11H2,1H3. The van der Waals surface area contributed by atoms with E-state index in [4.69, 9.17) is 9.26 Å². The van der Waals surface area contributed by atoms with Gasteiger partial charge in [-0.25, -0.2) is 4.39 Å². The molecule has 0 aliphatic carbocycles. The van der Waals surface area contributed by atoms with Crippen molar-refractivity contribution < 1.29 is 13.7 Å². The molecule has 0 N–H and O–H groups in total. The van der Waals surface area contributed by atoms with Gasteiger partial charge in [0, 0.05) is 33.3 Å². The number of halogens is 1. The van der Waals surface area contributed by atoms with Gasteiger partial charge in [0.2, 0.25) is 5.89 Å². The van der Waals surface area contributed by atoms with E-state index in [0.717, 1.165) is 31.9 Å². The summed E-state index contributed by atoms with van der Waals surface area (Å²) < 4.78 is 23.4. The van der Waals surface area contributed by atoms with Crippen molar-refractivity contribution in [3.63, 3.8) is 0 Å². The highest BCUT2D eigenvalue weighted by Crippen LogP contribution is 2.22. The van der Waals surface area contributed by atoms with Gasteiger partial charge in [-0.1, -0.05) is 5.16 Å². The molecule has 0 bridgehead atoms. The third-order valence-electron chi connectivity index (χ3n) is 3.93. The quantitative estimate of drug-likeness (QED) is 0.822. The van der Waals surface area contributed by atoms with Crippen LogP contribution in [0.4, 0.5) is 10.1 Å². The summed E-state index contributed by atoms with van der Waals surface area (Å²) in [6.45, 7) is 4.01. The molecule has 0 amide bonds. The molecule has 1 fully saturated rings. The molecule has 2 aromatic rings. The third kappa shape index (κ3) is 3.69. The number of anilines is 1. The Hall–Kier alpha value is -2.50. The number of rotatable bonds is 5. The molecule has 0 spiro atoms. The molecule has 126 valence electrons. The second-order valence-electron chi connectivity index (χ2n) is 5.57. The summed E-state index contributed by atoms with van der Waals surface area (Å²) >= 11 is 0. The van der Waals surface area contributed by atoms with E-state index in [1.54, 1.807) is 13.2 Å². The lowest BCUT2D eigenvalue weighted by Gasteiger charge is -2.35. The number of ether oxygens (including phenoxy) is 1. The highest BCUT2D eigenvalue weighted by molar-refractivity contribution is 5.59. The third-order valence-corrected chi connectivity index (χ3v) is 3.93. The van der Waals surface area contributed by atoms with Crippen LogP contribution in [-0.2, 0) is 17.9 Å². The van der Waals surface area contributed by atoms with Crippen LogP contribution in [0.25, 0.3) is 0 Å². The minimum atomic E-state index is -0.391. The maximum absolute atomic E-state index is 13.3. The number of nitrogens with zero attached hydrogens (tertiary/aromatic N) is 5. The first-order valence-electron chi connectivity index (χ1n) is 7.67. The van der Waals surface area contributed by atoms with E-state index in [9.17, 15) is 9.65 Å². The monoisotopic (exact) mass is 331 g/mol. The molecule has 3 rings (SSSR count). The molecule has 0 saturated carbocycles. The summed E-state index contributed by atoms with van der Waals surface area (Å²) in [6.07, 6.45) is 0. The van der Waals surface area contributed by atoms with E-state index in [1.807, 2.05) is 0 Å². The van der Waals surface area contributed by atoms with E-state index in [0.29, 0.717) is 30.4 Å². The van der Waals surface area contributed by atoms with Crippen molar-refractivity contribution in [2.75, 3.05) is 38.2 Å². The second kappa shape index (κ2) is 7.38. The predicted octanol–water partition coefficient (Wildman–Crippen LogP) is 1.55. The highest BCUT2D eigenvalue weighted by atomic mass is 19.1. The fourth-order valence-corrected chi connectivity index (χ4v) is 2.75. The Labute approximate surface area is 139 Å². The zero-order valence-corrected chi connectivity index (χ0v) is 13.4. The van der Waals surface area contributed by atoms with E-state index in [1.165, 1.54) is 12.1 Å². The van der Waals surface area contributed by atoms with E-state index in [-0.39, 0.29) is 0 Å². The fraction of sp³-hybridized carbons (Fsp3) is 0.438. The van der Waals surface area contributed by atoms with Crippen molar-refractivity contribution in [3.05, 3.63) is 41.3 Å². The number of piperazine rings is 1. The molecule has 0 atom stereocenters. The van der Waals surface area contributed by atoms with Crippen LogP contribution in [0.1, 0.15) is 17.3 Å². The SMILES string of the molecule is COCc1noc(CN2CCN(c3ccc(F)cc3C#N)CC2)n1. The van der Waals surface area contributed by atoms with Gasteiger partial charge in [0.1, 0.15) is 18.5 Å². The molecule has 1 aliphatic rings. The fourth-order valence-electron chi connectivity index (χ4n) is 2.75. The summed E-state index contributed by atoms with van der Waals surface area (Å²) in [6, 6.07) is 6.39. The minimum absolute atomic E-state index is 0.332. The lowest BCUT2D eigenvalue weighted by molar-refractivity contribution is 0.174. The Bertz CT molecular complexity index is 734. The van der Waals surface area contributed by atoms with Crippen molar-refractivity contribution >= 4 is 5.69 Å². The van der Waals surface area contributed by atoms with E-state index in [2.05, 4.69) is 26.0 Å². The lowest BCUT2D eigenvalue weighted by Crippen LogP contribution is -2.46. The van der Waals surface area contributed by atoms with Crippen LogP contribution in [-0.4, -0.2) is 48.3 Å². The summed E-state index contributed by atoms with van der Waals surface area (Å²) in [5.74, 6) is 0.711. The predicted molar refractivity (Wildman–Crippen MR) is 83.6 cm³/mol. The molecule has 2 heterocycles. The van der Waals surface area contributed by atoms with Crippen LogP contribution in [0, 0.1) is 17.1 Å². The van der Waals surface area contributed by atoms with Crippen molar-refractivity contribution in [3.8, 4) is 6.07 Å². The minimum Gasteiger partial charge on any atom is -0.377 e. The Kier molecular flexibility index (Phi) is 5.03. The molecular formula is C16H18FN5O2. The average Bonchev–Trinajstić information content (AvgIpc) is 3.03. The number of aromatic nitrogens is 2. The molecule has 1 aromatic carbocycles. The molecule has 1 aliphatic heterocycles. The van der Waals surface area contributed by atoms with Gasteiger partial charge in [-0.15, -0.1) is 0 Å². The number of hydrogen-bond donors (Lipinski definition) is 0. The van der Waals surface area contributed by atoms with Gasteiger partial charge < -0.3 is 14.2 Å². The molecule has 0 radical (unpaired) electrons. The van der Waals surface area contributed by atoms with Crippen molar-refractivity contribution in [2.45, 2.75) is 13.2 Å². The topological polar surface area (TPSA) is 78.4 Å². The summed E-state index contributed by atoms with van der Waals surface area (Å²) in [5, 5.41) is 13.0. The molecule has 1 aromatic heterocycles. The molecule has 1 saturated heterocycles. The Morgan fingerprint density at radius 2 is 2.12 bits per heavy atom. The van der Waals surface area contributed by atoms with Gasteiger partial charge in [0.05, 0.1) is 17.8 Å². The first-order valence-corrected chi connectivity index (χ1v) is 7.67. The zero-order chi connectivity index (χ0) is 16.9. The summed E-state index contributed by atoms with van der Waals surface area (Å²) in [4.78, 5) is 8.57. The second-order valence-corrected chi connectivity index (χ2v) is 5.57. The zero-order valence-electron chi connectivity index (χ0n) is 13.4. The number of benzene rings is 1. The van der Waals surface area contributed by atoms with Gasteiger partial charge in [-0.05, 0) is 18.2 Å². The maximum Gasteiger partial charge on any atom is 0.240 e. The lowest BCUT2D eigenvalue weighted by atomic mass is 10.1. The van der Waals surface area contributed by atoms with E-state index < -0.39 is 5.82 Å². The largest absolute Gasteiger partial charge is 0.377 e. The van der Waals surface area contributed by atoms with E-state index >= 15 is 0 Å². The van der Waals surface area contributed by atoms with Crippen LogP contribution >= 0.6 is 0 Å². The van der Waals surface area contributed by atoms with Gasteiger partial charge in [-0.3, -0.25) is 4.90 Å². The molecule has 24 heavy (non-hydrogen) atoms. The van der Waals surface area contributed by atoms with Gasteiger partial charge in [0.15, 0.2) is 5.82 Å². The Morgan fingerprint density at radius 3 is 2.83 bits per heavy atom. The summed E-state index contributed by atoms with van der Waals surface area (Å²) in [5.41, 5.74) is 1.14. The van der Waals surface area contributed by atoms with Crippen molar-refractivity contribution in [1.29, 1.82) is 5.26 Å². The molecule has 8 heteroatoms. The molecule has 7 nitrogen and oxygen atoms in total. The normalized spacial score (nSPS) is 15.5. The van der Waals surface area contributed by atoms with Crippen molar-refractivity contribution in [1.82, 2.24) is 15.0 Å². The average molecular weight is 331 g/mol. The Morgan fingerprint density at radius 1 is 1.33 bits per heavy atom. The highest BCUT2D eigenvalue weighted by Gasteiger charge is 2.21. The van der Waals surface area contributed by atoms with Gasteiger partial charge >= 0.3 is 0 Å². The van der Waals surface area contributed by atoms with Crippen molar-refractivity contribution in [2.24, 2.45) is 0 Å². The smallest absolute Gasteiger partial charge is 0.240 e. The molecular weight excluding hydrogens is 313 g/mol. The molecule has 0 unspecified atom stereocenters.